The summed E-state index contributed by atoms with van der Waals surface area (Å²) in [5, 5.41) is 13.5. The van der Waals surface area contributed by atoms with Crippen LogP contribution in [0.5, 0.6) is 0 Å². The summed E-state index contributed by atoms with van der Waals surface area (Å²) in [6, 6.07) is 8.90. The molecule has 0 aliphatic heterocycles. The van der Waals surface area contributed by atoms with E-state index in [0.29, 0.717) is 30.6 Å². The molecular weight excluding hydrogens is 336 g/mol. The van der Waals surface area contributed by atoms with E-state index in [1.807, 2.05) is 6.92 Å². The van der Waals surface area contributed by atoms with E-state index in [1.165, 1.54) is 36.8 Å². The average molecular weight is 369 g/mol. The zero-order valence-electron chi connectivity index (χ0n) is 17.0. The Morgan fingerprint density at radius 2 is 1.93 bits per heavy atom. The van der Waals surface area contributed by atoms with Crippen molar-refractivity contribution in [3.63, 3.8) is 0 Å². The molecule has 4 heteroatoms. The lowest BCUT2D eigenvalue weighted by molar-refractivity contribution is 0.0694. The lowest BCUT2D eigenvalue weighted by Gasteiger charge is -2.29. The van der Waals surface area contributed by atoms with Gasteiger partial charge >= 0.3 is 5.97 Å². The first-order valence-electron chi connectivity index (χ1n) is 10.1. The number of carboxylic acids is 1. The average Bonchev–Trinajstić information content (AvgIpc) is 2.85. The summed E-state index contributed by atoms with van der Waals surface area (Å²) in [6.45, 7) is 9.71. The standard InChI is InChI=1S/C23H32N2O2/c1-15-8-7-10-19(12-15)14-25-17(3)20(22(18(25)4)23(26)27)13-24-21-11-6-5-9-16(21)2/h7-8,10,12,16,21,24H,5-6,9,11,13-14H2,1-4H3,(H,26,27)/t16-,21+/m0/s1. The monoisotopic (exact) mass is 368 g/mol. The molecule has 146 valence electrons. The van der Waals surface area contributed by atoms with E-state index in [1.54, 1.807) is 0 Å². The van der Waals surface area contributed by atoms with Gasteiger partial charge in [0.05, 0.1) is 5.56 Å². The van der Waals surface area contributed by atoms with E-state index < -0.39 is 5.97 Å². The lowest BCUT2D eigenvalue weighted by Crippen LogP contribution is -2.37. The number of carbonyl (C=O) groups is 1. The van der Waals surface area contributed by atoms with Crippen LogP contribution in [-0.4, -0.2) is 21.7 Å². The highest BCUT2D eigenvalue weighted by atomic mass is 16.4. The number of rotatable bonds is 6. The Hall–Kier alpha value is -2.07. The van der Waals surface area contributed by atoms with Crippen LogP contribution in [0, 0.1) is 26.7 Å². The first-order chi connectivity index (χ1) is 12.9. The summed E-state index contributed by atoms with van der Waals surface area (Å²) in [7, 11) is 0. The molecule has 0 unspecified atom stereocenters. The second-order valence-electron chi connectivity index (χ2n) is 8.15. The number of nitrogens with zero attached hydrogens (tertiary/aromatic N) is 1. The number of carboxylic acid groups (broad SMARTS) is 1. The molecule has 2 N–H and O–H groups in total. The fraction of sp³-hybridized carbons (Fsp3) is 0.522. The number of aromatic nitrogens is 1. The zero-order valence-corrected chi connectivity index (χ0v) is 17.0. The molecule has 3 rings (SSSR count). The number of hydrogen-bond donors (Lipinski definition) is 2. The summed E-state index contributed by atoms with van der Waals surface area (Å²) in [5.74, 6) is -0.171. The quantitative estimate of drug-likeness (QED) is 0.768. The van der Waals surface area contributed by atoms with Crippen molar-refractivity contribution < 1.29 is 9.90 Å². The minimum absolute atomic E-state index is 0.469. The van der Waals surface area contributed by atoms with Crippen LogP contribution >= 0.6 is 0 Å². The van der Waals surface area contributed by atoms with Gasteiger partial charge in [0, 0.05) is 36.1 Å². The molecule has 27 heavy (non-hydrogen) atoms. The van der Waals surface area contributed by atoms with Crippen molar-refractivity contribution in [1.29, 1.82) is 0 Å². The van der Waals surface area contributed by atoms with E-state index in [4.69, 9.17) is 0 Å². The SMILES string of the molecule is Cc1cccc(Cn2c(C)c(CN[C@@H]3CCCC[C@@H]3C)c(C(=O)O)c2C)c1. The van der Waals surface area contributed by atoms with Gasteiger partial charge in [0.2, 0.25) is 0 Å². The Morgan fingerprint density at radius 1 is 1.19 bits per heavy atom. The van der Waals surface area contributed by atoms with Crippen LogP contribution in [0.25, 0.3) is 0 Å². The Bertz CT molecular complexity index is 822. The van der Waals surface area contributed by atoms with Gasteiger partial charge in [-0.3, -0.25) is 0 Å². The molecule has 0 radical (unpaired) electrons. The summed E-state index contributed by atoms with van der Waals surface area (Å²) in [5.41, 5.74) is 5.73. The maximum absolute atomic E-state index is 12.0. The van der Waals surface area contributed by atoms with Gasteiger partial charge in [-0.2, -0.15) is 0 Å². The second-order valence-corrected chi connectivity index (χ2v) is 8.15. The zero-order chi connectivity index (χ0) is 19.6. The highest BCUT2D eigenvalue weighted by molar-refractivity contribution is 5.91. The van der Waals surface area contributed by atoms with E-state index >= 15 is 0 Å². The molecular formula is C23H32N2O2. The Balaban J connectivity index is 1.87. The van der Waals surface area contributed by atoms with E-state index in [0.717, 1.165) is 17.0 Å². The molecule has 1 fully saturated rings. The van der Waals surface area contributed by atoms with Crippen LogP contribution in [0.15, 0.2) is 24.3 Å². The highest BCUT2D eigenvalue weighted by Gasteiger charge is 2.25. The van der Waals surface area contributed by atoms with Gasteiger partial charge in [-0.1, -0.05) is 49.6 Å². The Morgan fingerprint density at radius 3 is 2.59 bits per heavy atom. The molecule has 1 aromatic heterocycles. The third-order valence-corrected chi connectivity index (χ3v) is 6.20. The van der Waals surface area contributed by atoms with Crippen molar-refractivity contribution >= 4 is 5.97 Å². The molecule has 4 nitrogen and oxygen atoms in total. The molecule has 0 spiro atoms. The van der Waals surface area contributed by atoms with Crippen molar-refractivity contribution in [3.05, 3.63) is 57.9 Å². The smallest absolute Gasteiger partial charge is 0.337 e. The van der Waals surface area contributed by atoms with Gasteiger partial charge in [-0.05, 0) is 45.1 Å². The van der Waals surface area contributed by atoms with Crippen molar-refractivity contribution in [2.24, 2.45) is 5.92 Å². The van der Waals surface area contributed by atoms with Gasteiger partial charge in [-0.25, -0.2) is 4.79 Å². The van der Waals surface area contributed by atoms with Gasteiger partial charge in [-0.15, -0.1) is 0 Å². The Kier molecular flexibility index (Phi) is 6.05. The van der Waals surface area contributed by atoms with Crippen molar-refractivity contribution in [3.8, 4) is 0 Å². The summed E-state index contributed by atoms with van der Waals surface area (Å²) in [4.78, 5) is 12.0. The lowest BCUT2D eigenvalue weighted by atomic mass is 9.86. The minimum atomic E-state index is -0.827. The molecule has 1 aromatic carbocycles. The maximum atomic E-state index is 12.0. The molecule has 1 saturated carbocycles. The maximum Gasteiger partial charge on any atom is 0.337 e. The Labute approximate surface area is 162 Å². The van der Waals surface area contributed by atoms with E-state index in [2.05, 4.69) is 54.9 Å². The largest absolute Gasteiger partial charge is 0.478 e. The van der Waals surface area contributed by atoms with Crippen molar-refractivity contribution in [2.75, 3.05) is 0 Å². The molecule has 1 heterocycles. The van der Waals surface area contributed by atoms with Crippen LogP contribution in [0.1, 0.15) is 71.0 Å². The number of aryl methyl sites for hydroxylation is 1. The van der Waals surface area contributed by atoms with Gasteiger partial charge < -0.3 is 15.0 Å². The van der Waals surface area contributed by atoms with E-state index in [-0.39, 0.29) is 0 Å². The topological polar surface area (TPSA) is 54.3 Å². The van der Waals surface area contributed by atoms with Crippen molar-refractivity contribution in [2.45, 2.75) is 72.5 Å². The van der Waals surface area contributed by atoms with Crippen LogP contribution in [0.2, 0.25) is 0 Å². The number of nitrogens with one attached hydrogen (secondary N) is 1. The van der Waals surface area contributed by atoms with Crippen LogP contribution in [-0.2, 0) is 13.1 Å². The second kappa shape index (κ2) is 8.30. The molecule has 2 aromatic rings. The fourth-order valence-electron chi connectivity index (χ4n) is 4.53. The molecule has 1 aliphatic rings. The predicted molar refractivity (Wildman–Crippen MR) is 109 cm³/mol. The third kappa shape index (κ3) is 4.27. The highest BCUT2D eigenvalue weighted by Crippen LogP contribution is 2.27. The molecule has 0 saturated heterocycles. The number of aromatic carboxylic acids is 1. The van der Waals surface area contributed by atoms with E-state index in [9.17, 15) is 9.90 Å². The number of hydrogen-bond acceptors (Lipinski definition) is 2. The first-order valence-corrected chi connectivity index (χ1v) is 10.1. The van der Waals surface area contributed by atoms with Crippen molar-refractivity contribution in [1.82, 2.24) is 9.88 Å². The molecule has 0 bridgehead atoms. The van der Waals surface area contributed by atoms with Crippen LogP contribution < -0.4 is 5.32 Å². The number of benzene rings is 1. The van der Waals surface area contributed by atoms with Crippen LogP contribution in [0.4, 0.5) is 0 Å². The molecule has 2 atom stereocenters. The van der Waals surface area contributed by atoms with Crippen LogP contribution in [0.3, 0.4) is 0 Å². The molecule has 1 aliphatic carbocycles. The summed E-state index contributed by atoms with van der Waals surface area (Å²) >= 11 is 0. The van der Waals surface area contributed by atoms with Gasteiger partial charge in [0.15, 0.2) is 0 Å². The normalized spacial score (nSPS) is 20.0. The predicted octanol–water partition coefficient (Wildman–Crippen LogP) is 4.83. The first kappa shape index (κ1) is 19.7. The minimum Gasteiger partial charge on any atom is -0.478 e. The van der Waals surface area contributed by atoms with Gasteiger partial charge in [0.25, 0.3) is 0 Å². The third-order valence-electron chi connectivity index (χ3n) is 6.20. The summed E-state index contributed by atoms with van der Waals surface area (Å²) < 4.78 is 2.15. The molecule has 0 amide bonds. The summed E-state index contributed by atoms with van der Waals surface area (Å²) in [6.07, 6.45) is 5.02. The fourth-order valence-corrected chi connectivity index (χ4v) is 4.53. The van der Waals surface area contributed by atoms with Gasteiger partial charge in [0.1, 0.15) is 0 Å².